The summed E-state index contributed by atoms with van der Waals surface area (Å²) in [4.78, 5) is 35.2. The SMILES string of the molecule is Cn1cccc1C(=O)NC(=O)COC(=O)c1ccc(OC(F)(F)F)cc1. The Labute approximate surface area is 145 Å². The Bertz CT molecular complexity index is 812. The van der Waals surface area contributed by atoms with Gasteiger partial charge in [-0.2, -0.15) is 0 Å². The van der Waals surface area contributed by atoms with E-state index in [4.69, 9.17) is 4.74 Å². The average molecular weight is 370 g/mol. The van der Waals surface area contributed by atoms with Crippen molar-refractivity contribution >= 4 is 17.8 Å². The highest BCUT2D eigenvalue weighted by atomic mass is 19.4. The topological polar surface area (TPSA) is 86.6 Å². The molecule has 1 aromatic heterocycles. The Kier molecular flexibility index (Phi) is 5.65. The molecule has 10 heteroatoms. The van der Waals surface area contributed by atoms with Crippen LogP contribution in [0.25, 0.3) is 0 Å². The maximum absolute atomic E-state index is 12.1. The fourth-order valence-corrected chi connectivity index (χ4v) is 1.93. The molecule has 0 radical (unpaired) electrons. The van der Waals surface area contributed by atoms with E-state index >= 15 is 0 Å². The lowest BCUT2D eigenvalue weighted by molar-refractivity contribution is -0.274. The summed E-state index contributed by atoms with van der Waals surface area (Å²) in [6.07, 6.45) is -3.23. The first-order chi connectivity index (χ1) is 12.2. The van der Waals surface area contributed by atoms with Crippen LogP contribution in [0.3, 0.4) is 0 Å². The van der Waals surface area contributed by atoms with Crippen molar-refractivity contribution in [1.82, 2.24) is 9.88 Å². The molecule has 1 N–H and O–H groups in total. The summed E-state index contributed by atoms with van der Waals surface area (Å²) in [7, 11) is 1.62. The maximum Gasteiger partial charge on any atom is 0.573 e. The van der Waals surface area contributed by atoms with Gasteiger partial charge in [0.2, 0.25) is 0 Å². The van der Waals surface area contributed by atoms with Crippen molar-refractivity contribution in [2.75, 3.05) is 6.61 Å². The van der Waals surface area contributed by atoms with Crippen molar-refractivity contribution in [3.05, 3.63) is 53.9 Å². The number of rotatable bonds is 5. The molecule has 138 valence electrons. The van der Waals surface area contributed by atoms with Crippen LogP contribution < -0.4 is 10.1 Å². The van der Waals surface area contributed by atoms with Crippen LogP contribution in [-0.2, 0) is 16.6 Å². The van der Waals surface area contributed by atoms with Gasteiger partial charge in [0, 0.05) is 13.2 Å². The molecule has 2 aromatic rings. The van der Waals surface area contributed by atoms with Gasteiger partial charge in [0.25, 0.3) is 11.8 Å². The molecule has 0 fully saturated rings. The standard InChI is InChI=1S/C16H13F3N2O5/c1-21-8-2-3-12(21)14(23)20-13(22)9-25-15(24)10-4-6-11(7-5-10)26-16(17,18)19/h2-8H,9H2,1H3,(H,20,22,23). The molecule has 2 rings (SSSR count). The highest BCUT2D eigenvalue weighted by Crippen LogP contribution is 2.22. The summed E-state index contributed by atoms with van der Waals surface area (Å²) < 4.78 is 46.0. The van der Waals surface area contributed by atoms with E-state index in [9.17, 15) is 27.6 Å². The van der Waals surface area contributed by atoms with Crippen LogP contribution in [0.5, 0.6) is 5.75 Å². The lowest BCUT2D eigenvalue weighted by atomic mass is 10.2. The van der Waals surface area contributed by atoms with Gasteiger partial charge in [0.15, 0.2) is 6.61 Å². The van der Waals surface area contributed by atoms with E-state index in [0.717, 1.165) is 24.3 Å². The zero-order valence-electron chi connectivity index (χ0n) is 13.4. The van der Waals surface area contributed by atoms with E-state index in [1.165, 1.54) is 10.6 Å². The number of alkyl halides is 3. The second-order valence-electron chi connectivity index (χ2n) is 5.03. The Hall–Kier alpha value is -3.30. The van der Waals surface area contributed by atoms with Gasteiger partial charge < -0.3 is 14.0 Å². The van der Waals surface area contributed by atoms with Crippen LogP contribution in [0.2, 0.25) is 0 Å². The van der Waals surface area contributed by atoms with E-state index < -0.39 is 36.5 Å². The molecule has 0 spiro atoms. The van der Waals surface area contributed by atoms with Crippen molar-refractivity contribution in [2.45, 2.75) is 6.36 Å². The third-order valence-corrected chi connectivity index (χ3v) is 3.09. The third kappa shape index (κ3) is 5.36. The molecule has 0 atom stereocenters. The first-order valence-corrected chi connectivity index (χ1v) is 7.14. The number of ether oxygens (including phenoxy) is 2. The summed E-state index contributed by atoms with van der Waals surface area (Å²) in [5.41, 5.74) is 0.158. The normalized spacial score (nSPS) is 10.9. The van der Waals surface area contributed by atoms with Gasteiger partial charge in [0.05, 0.1) is 5.56 Å². The minimum atomic E-state index is -4.84. The lowest BCUT2D eigenvalue weighted by Crippen LogP contribution is -2.35. The van der Waals surface area contributed by atoms with Crippen molar-refractivity contribution < 1.29 is 37.0 Å². The number of benzene rings is 1. The number of imide groups is 1. The van der Waals surface area contributed by atoms with Crippen molar-refractivity contribution in [1.29, 1.82) is 0 Å². The van der Waals surface area contributed by atoms with E-state index in [0.29, 0.717) is 0 Å². The quantitative estimate of drug-likeness (QED) is 0.814. The van der Waals surface area contributed by atoms with Crippen LogP contribution in [0.4, 0.5) is 13.2 Å². The first kappa shape index (κ1) is 19.0. The van der Waals surface area contributed by atoms with Gasteiger partial charge in [-0.1, -0.05) is 0 Å². The van der Waals surface area contributed by atoms with Crippen molar-refractivity contribution in [3.63, 3.8) is 0 Å². The second kappa shape index (κ2) is 7.72. The minimum Gasteiger partial charge on any atom is -0.452 e. The van der Waals surface area contributed by atoms with Gasteiger partial charge in [0.1, 0.15) is 11.4 Å². The molecule has 0 saturated heterocycles. The highest BCUT2D eigenvalue weighted by Gasteiger charge is 2.31. The number of nitrogens with one attached hydrogen (secondary N) is 1. The highest BCUT2D eigenvalue weighted by molar-refractivity contribution is 6.04. The summed E-state index contributed by atoms with van der Waals surface area (Å²) in [5, 5.41) is 2.04. The van der Waals surface area contributed by atoms with Crippen molar-refractivity contribution in [2.24, 2.45) is 7.05 Å². The zero-order chi connectivity index (χ0) is 19.3. The molecule has 0 aliphatic carbocycles. The fraction of sp³-hybridized carbons (Fsp3) is 0.188. The van der Waals surface area contributed by atoms with Gasteiger partial charge in [-0.3, -0.25) is 14.9 Å². The van der Waals surface area contributed by atoms with Gasteiger partial charge in [-0.15, -0.1) is 13.2 Å². The molecule has 0 bridgehead atoms. The van der Waals surface area contributed by atoms with Crippen LogP contribution in [-0.4, -0.2) is 35.3 Å². The molecular formula is C16H13F3N2O5. The average Bonchev–Trinajstić information content (AvgIpc) is 2.98. The Morgan fingerprint density at radius 3 is 2.31 bits per heavy atom. The van der Waals surface area contributed by atoms with E-state index in [-0.39, 0.29) is 11.3 Å². The molecule has 1 heterocycles. The molecule has 7 nitrogen and oxygen atoms in total. The maximum atomic E-state index is 12.1. The summed E-state index contributed by atoms with van der Waals surface area (Å²) in [6.45, 7) is -0.726. The van der Waals surface area contributed by atoms with Crippen molar-refractivity contribution in [3.8, 4) is 5.75 Å². The number of hydrogen-bond acceptors (Lipinski definition) is 5. The molecule has 2 amide bonds. The number of esters is 1. The lowest BCUT2D eigenvalue weighted by Gasteiger charge is -2.09. The van der Waals surface area contributed by atoms with Crippen LogP contribution >= 0.6 is 0 Å². The number of aryl methyl sites for hydroxylation is 1. The van der Waals surface area contributed by atoms with Crippen LogP contribution in [0.1, 0.15) is 20.8 Å². The monoisotopic (exact) mass is 370 g/mol. The molecule has 1 aromatic carbocycles. The minimum absolute atomic E-state index is 0.0823. The molecule has 0 aliphatic heterocycles. The molecule has 0 saturated carbocycles. The number of halogens is 3. The van der Waals surface area contributed by atoms with Gasteiger partial charge in [-0.05, 0) is 36.4 Å². The fourth-order valence-electron chi connectivity index (χ4n) is 1.93. The number of amides is 2. The number of carbonyl (C=O) groups is 3. The Balaban J connectivity index is 1.85. The van der Waals surface area contributed by atoms with Crippen LogP contribution in [0, 0.1) is 0 Å². The Morgan fingerprint density at radius 2 is 1.77 bits per heavy atom. The molecule has 0 unspecified atom stereocenters. The first-order valence-electron chi connectivity index (χ1n) is 7.14. The predicted molar refractivity (Wildman–Crippen MR) is 81.3 cm³/mol. The Morgan fingerprint density at radius 1 is 1.12 bits per heavy atom. The van der Waals surface area contributed by atoms with E-state index in [1.54, 1.807) is 19.3 Å². The zero-order valence-corrected chi connectivity index (χ0v) is 13.4. The molecule has 26 heavy (non-hydrogen) atoms. The third-order valence-electron chi connectivity index (χ3n) is 3.09. The molecular weight excluding hydrogens is 357 g/mol. The number of hydrogen-bond donors (Lipinski definition) is 1. The molecule has 0 aliphatic rings. The van der Waals surface area contributed by atoms with Crippen LogP contribution in [0.15, 0.2) is 42.6 Å². The summed E-state index contributed by atoms with van der Waals surface area (Å²) in [6, 6.07) is 7.09. The van der Waals surface area contributed by atoms with Gasteiger partial charge in [-0.25, -0.2) is 4.79 Å². The van der Waals surface area contributed by atoms with E-state index in [2.05, 4.69) is 4.74 Å². The number of nitrogens with zero attached hydrogens (tertiary/aromatic N) is 1. The summed E-state index contributed by atoms with van der Waals surface area (Å²) >= 11 is 0. The van der Waals surface area contributed by atoms with Gasteiger partial charge >= 0.3 is 12.3 Å². The predicted octanol–water partition coefficient (Wildman–Crippen LogP) is 2.04. The smallest absolute Gasteiger partial charge is 0.452 e. The largest absolute Gasteiger partial charge is 0.573 e. The number of aromatic nitrogens is 1. The number of carbonyl (C=O) groups excluding carboxylic acids is 3. The summed E-state index contributed by atoms with van der Waals surface area (Å²) in [5.74, 6) is -2.95. The second-order valence-corrected chi connectivity index (χ2v) is 5.03. The van der Waals surface area contributed by atoms with E-state index in [1.807, 2.05) is 5.32 Å².